The Hall–Kier alpha value is -2.43. The van der Waals surface area contributed by atoms with Crippen LogP contribution < -0.4 is 22.5 Å². The monoisotopic (exact) mass is 355 g/mol. The molecule has 2 atom stereocenters. The highest BCUT2D eigenvalue weighted by Crippen LogP contribution is 2.22. The summed E-state index contributed by atoms with van der Waals surface area (Å²) in [6, 6.07) is -3.27. The standard InChI is InChI=1S/C13H15F6N5/c14-12(15,16)10(22)4-6(20)8-2-1-3-9(24-8)7(21)5-11(23)13(17,18)19/h1-5,8,11,22,24H,20-21,23H2/b6-4-,7-5-,22-10?/t8?,11-/m1/s1. The summed E-state index contributed by atoms with van der Waals surface area (Å²) in [4.78, 5) is 0. The lowest BCUT2D eigenvalue weighted by molar-refractivity contribution is -0.137. The molecule has 134 valence electrons. The van der Waals surface area contributed by atoms with E-state index >= 15 is 0 Å². The molecule has 1 aliphatic heterocycles. The number of allylic oxidation sites excluding steroid dienone is 3. The number of rotatable bonds is 4. The van der Waals surface area contributed by atoms with E-state index < -0.39 is 30.1 Å². The van der Waals surface area contributed by atoms with E-state index in [0.29, 0.717) is 12.2 Å². The lowest BCUT2D eigenvalue weighted by Gasteiger charge is -2.23. The van der Waals surface area contributed by atoms with Crippen LogP contribution >= 0.6 is 0 Å². The molecule has 1 unspecified atom stereocenters. The van der Waals surface area contributed by atoms with Crippen molar-refractivity contribution in [1.29, 1.82) is 5.41 Å². The maximum absolute atomic E-state index is 12.4. The van der Waals surface area contributed by atoms with Crippen LogP contribution in [0.2, 0.25) is 0 Å². The number of hydrogen-bond acceptors (Lipinski definition) is 5. The van der Waals surface area contributed by atoms with Gasteiger partial charge in [-0.25, -0.2) is 0 Å². The first kappa shape index (κ1) is 19.6. The average molecular weight is 355 g/mol. The van der Waals surface area contributed by atoms with Gasteiger partial charge in [0, 0.05) is 5.70 Å². The highest BCUT2D eigenvalue weighted by atomic mass is 19.4. The lowest BCUT2D eigenvalue weighted by atomic mass is 10.1. The maximum Gasteiger partial charge on any atom is 0.432 e. The minimum atomic E-state index is -4.86. The van der Waals surface area contributed by atoms with Crippen molar-refractivity contribution in [3.05, 3.63) is 47.5 Å². The van der Waals surface area contributed by atoms with E-state index in [2.05, 4.69) is 5.32 Å². The molecule has 0 aromatic heterocycles. The van der Waals surface area contributed by atoms with Gasteiger partial charge in [-0.3, -0.25) is 5.41 Å². The van der Waals surface area contributed by atoms with Crippen LogP contribution in [0.1, 0.15) is 0 Å². The summed E-state index contributed by atoms with van der Waals surface area (Å²) in [5.41, 5.74) is 13.6. The second kappa shape index (κ2) is 6.99. The van der Waals surface area contributed by atoms with Crippen LogP contribution in [0, 0.1) is 5.41 Å². The molecule has 0 aromatic rings. The van der Waals surface area contributed by atoms with Gasteiger partial charge in [0.25, 0.3) is 0 Å². The molecule has 24 heavy (non-hydrogen) atoms. The third kappa shape index (κ3) is 5.33. The molecule has 0 saturated carbocycles. The summed E-state index contributed by atoms with van der Waals surface area (Å²) in [5, 5.41) is 9.43. The Labute approximate surface area is 133 Å². The third-order valence-corrected chi connectivity index (χ3v) is 2.90. The van der Waals surface area contributed by atoms with E-state index in [-0.39, 0.29) is 17.1 Å². The van der Waals surface area contributed by atoms with Crippen molar-refractivity contribution in [2.45, 2.75) is 24.4 Å². The minimum absolute atomic E-state index is 0.0112. The summed E-state index contributed by atoms with van der Waals surface area (Å²) in [6.07, 6.45) is -4.55. The molecule has 5 nitrogen and oxygen atoms in total. The fourth-order valence-electron chi connectivity index (χ4n) is 1.62. The van der Waals surface area contributed by atoms with E-state index in [4.69, 9.17) is 22.6 Å². The second-order valence-electron chi connectivity index (χ2n) is 4.83. The van der Waals surface area contributed by atoms with Crippen molar-refractivity contribution >= 4 is 5.71 Å². The average Bonchev–Trinajstić information content (AvgIpc) is 2.45. The Balaban J connectivity index is 2.90. The van der Waals surface area contributed by atoms with Crippen LogP contribution in [0.25, 0.3) is 0 Å². The summed E-state index contributed by atoms with van der Waals surface area (Å²) in [7, 11) is 0. The summed E-state index contributed by atoms with van der Waals surface area (Å²) >= 11 is 0. The maximum atomic E-state index is 12.4. The van der Waals surface area contributed by atoms with Crippen LogP contribution in [-0.2, 0) is 0 Å². The first-order valence-electron chi connectivity index (χ1n) is 6.40. The third-order valence-electron chi connectivity index (χ3n) is 2.90. The zero-order valence-electron chi connectivity index (χ0n) is 12.0. The SMILES string of the molecule is N=C(/C=C(\N)C1C=CC=C(/C(N)=C/[C@@H](N)C(F)(F)F)N1)C(F)(F)F. The van der Waals surface area contributed by atoms with Gasteiger partial charge in [-0.2, -0.15) is 26.3 Å². The van der Waals surface area contributed by atoms with Gasteiger partial charge in [-0.05, 0) is 18.2 Å². The molecular weight excluding hydrogens is 340 g/mol. The van der Waals surface area contributed by atoms with Crippen LogP contribution in [-0.4, -0.2) is 30.1 Å². The molecule has 1 rings (SSSR count). The predicted molar refractivity (Wildman–Crippen MR) is 76.5 cm³/mol. The summed E-state index contributed by atoms with van der Waals surface area (Å²) in [5.74, 6) is 0. The molecule has 0 saturated heterocycles. The van der Waals surface area contributed by atoms with Crippen LogP contribution in [0.5, 0.6) is 0 Å². The predicted octanol–water partition coefficient (Wildman–Crippen LogP) is 1.56. The number of alkyl halides is 6. The number of hydrogen-bond donors (Lipinski definition) is 5. The molecule has 1 heterocycles. The van der Waals surface area contributed by atoms with Gasteiger partial charge in [-0.1, -0.05) is 12.2 Å². The van der Waals surface area contributed by atoms with E-state index in [1.165, 1.54) is 18.2 Å². The molecule has 0 fully saturated rings. The lowest BCUT2D eigenvalue weighted by Crippen LogP contribution is -2.39. The first-order chi connectivity index (χ1) is 10.8. The van der Waals surface area contributed by atoms with Gasteiger partial charge in [0.05, 0.1) is 17.4 Å². The summed E-state index contributed by atoms with van der Waals surface area (Å²) in [6.45, 7) is 0. The second-order valence-corrected chi connectivity index (χ2v) is 4.83. The number of halogens is 6. The van der Waals surface area contributed by atoms with Gasteiger partial charge in [0.1, 0.15) is 11.8 Å². The molecular formula is C13H15F6N5. The molecule has 1 aliphatic rings. The van der Waals surface area contributed by atoms with Crippen molar-refractivity contribution in [3.63, 3.8) is 0 Å². The van der Waals surface area contributed by atoms with Crippen molar-refractivity contribution in [1.82, 2.24) is 5.32 Å². The van der Waals surface area contributed by atoms with Crippen molar-refractivity contribution < 1.29 is 26.3 Å². The van der Waals surface area contributed by atoms with Gasteiger partial charge >= 0.3 is 12.4 Å². The molecule has 0 spiro atoms. The van der Waals surface area contributed by atoms with E-state index in [1.807, 2.05) is 0 Å². The molecule has 0 bridgehead atoms. The fraction of sp³-hybridized carbons (Fsp3) is 0.308. The molecule has 8 N–H and O–H groups in total. The van der Waals surface area contributed by atoms with Crippen LogP contribution in [0.4, 0.5) is 26.3 Å². The highest BCUT2D eigenvalue weighted by Gasteiger charge is 2.36. The smallest absolute Gasteiger partial charge is 0.400 e. The fourth-order valence-corrected chi connectivity index (χ4v) is 1.62. The largest absolute Gasteiger partial charge is 0.432 e. The number of dihydropyridines is 1. The van der Waals surface area contributed by atoms with E-state index in [0.717, 1.165) is 0 Å². The Morgan fingerprint density at radius 1 is 1.21 bits per heavy atom. The van der Waals surface area contributed by atoms with Crippen molar-refractivity contribution in [2.24, 2.45) is 17.2 Å². The van der Waals surface area contributed by atoms with Gasteiger partial charge < -0.3 is 22.5 Å². The van der Waals surface area contributed by atoms with Gasteiger partial charge in [0.15, 0.2) is 0 Å². The van der Waals surface area contributed by atoms with Crippen LogP contribution in [0.3, 0.4) is 0 Å². The Morgan fingerprint density at radius 2 is 1.79 bits per heavy atom. The minimum Gasteiger partial charge on any atom is -0.400 e. The first-order valence-corrected chi connectivity index (χ1v) is 6.40. The zero-order valence-corrected chi connectivity index (χ0v) is 12.0. The Morgan fingerprint density at radius 3 is 2.29 bits per heavy atom. The highest BCUT2D eigenvalue weighted by molar-refractivity contribution is 5.97. The zero-order chi connectivity index (χ0) is 18.7. The molecule has 0 radical (unpaired) electrons. The molecule has 11 heteroatoms. The van der Waals surface area contributed by atoms with Crippen LogP contribution in [0.15, 0.2) is 47.5 Å². The Kier molecular flexibility index (Phi) is 5.71. The van der Waals surface area contributed by atoms with Gasteiger partial charge in [-0.15, -0.1) is 0 Å². The van der Waals surface area contributed by atoms with Crippen molar-refractivity contribution in [3.8, 4) is 0 Å². The normalized spacial score (nSPS) is 21.1. The number of nitrogens with one attached hydrogen (secondary N) is 2. The molecule has 0 amide bonds. The number of nitrogens with two attached hydrogens (primary N) is 3. The quantitative estimate of drug-likeness (QED) is 0.389. The Bertz CT molecular complexity index is 611. The molecule has 0 aromatic carbocycles. The van der Waals surface area contributed by atoms with E-state index in [9.17, 15) is 26.3 Å². The molecule has 0 aliphatic carbocycles. The van der Waals surface area contributed by atoms with Gasteiger partial charge in [0.2, 0.25) is 0 Å². The topological polar surface area (TPSA) is 114 Å². The van der Waals surface area contributed by atoms with E-state index in [1.54, 1.807) is 0 Å². The summed E-state index contributed by atoms with van der Waals surface area (Å²) < 4.78 is 74.1. The van der Waals surface area contributed by atoms with Crippen molar-refractivity contribution in [2.75, 3.05) is 0 Å².